The van der Waals surface area contributed by atoms with Crippen LogP contribution in [0.3, 0.4) is 0 Å². The third-order valence-corrected chi connectivity index (χ3v) is 12.4. The summed E-state index contributed by atoms with van der Waals surface area (Å²) in [5.74, 6) is -0.913. The Balaban J connectivity index is 4.43. The topological polar surface area (TPSA) is 78.9 Å². The summed E-state index contributed by atoms with van der Waals surface area (Å²) in [7, 11) is 0. The van der Waals surface area contributed by atoms with Gasteiger partial charge in [0.2, 0.25) is 0 Å². The van der Waals surface area contributed by atoms with Gasteiger partial charge in [-0.2, -0.15) is 0 Å². The molecular formula is C62H108O6. The summed E-state index contributed by atoms with van der Waals surface area (Å²) in [5.41, 5.74) is 0. The van der Waals surface area contributed by atoms with Crippen LogP contribution in [0.1, 0.15) is 284 Å². The summed E-state index contributed by atoms with van der Waals surface area (Å²) < 4.78 is 16.9. The fraction of sp³-hybridized carbons (Fsp3) is 0.758. The maximum absolute atomic E-state index is 12.9. The van der Waals surface area contributed by atoms with E-state index in [2.05, 4.69) is 93.7 Å². The average molecular weight is 950 g/mol. The van der Waals surface area contributed by atoms with Gasteiger partial charge in [0.05, 0.1) is 0 Å². The van der Waals surface area contributed by atoms with Crippen LogP contribution in [0.4, 0.5) is 0 Å². The molecule has 6 nitrogen and oxygen atoms in total. The van der Waals surface area contributed by atoms with Crippen molar-refractivity contribution in [3.05, 3.63) is 72.9 Å². The molecule has 0 N–H and O–H groups in total. The van der Waals surface area contributed by atoms with Gasteiger partial charge >= 0.3 is 17.9 Å². The summed E-state index contributed by atoms with van der Waals surface area (Å²) in [4.78, 5) is 38.2. The van der Waals surface area contributed by atoms with Crippen molar-refractivity contribution in [2.75, 3.05) is 13.2 Å². The van der Waals surface area contributed by atoms with E-state index in [1.54, 1.807) is 0 Å². The minimum atomic E-state index is -0.790. The van der Waals surface area contributed by atoms with Crippen LogP contribution in [0.5, 0.6) is 0 Å². The Kier molecular flexibility index (Phi) is 53.8. The van der Waals surface area contributed by atoms with E-state index in [0.717, 1.165) is 96.3 Å². The molecule has 0 saturated carbocycles. The second kappa shape index (κ2) is 56.4. The van der Waals surface area contributed by atoms with Crippen molar-refractivity contribution in [2.45, 2.75) is 290 Å². The lowest BCUT2D eigenvalue weighted by Gasteiger charge is -2.18. The van der Waals surface area contributed by atoms with Crippen LogP contribution in [0, 0.1) is 0 Å². The first-order valence-corrected chi connectivity index (χ1v) is 28.9. The van der Waals surface area contributed by atoms with Gasteiger partial charge in [0.15, 0.2) is 6.10 Å². The lowest BCUT2D eigenvalue weighted by molar-refractivity contribution is -0.167. The number of esters is 3. The van der Waals surface area contributed by atoms with Crippen LogP contribution in [0.25, 0.3) is 0 Å². The maximum Gasteiger partial charge on any atom is 0.306 e. The van der Waals surface area contributed by atoms with Crippen LogP contribution in [0.15, 0.2) is 72.9 Å². The van der Waals surface area contributed by atoms with Gasteiger partial charge in [-0.1, -0.05) is 248 Å². The predicted octanol–water partition coefficient (Wildman–Crippen LogP) is 19.4. The molecule has 0 aliphatic carbocycles. The fourth-order valence-electron chi connectivity index (χ4n) is 8.11. The molecule has 0 fully saturated rings. The Morgan fingerprint density at radius 1 is 0.309 bits per heavy atom. The summed E-state index contributed by atoms with van der Waals surface area (Å²) in [6.45, 7) is 6.51. The van der Waals surface area contributed by atoms with E-state index in [0.29, 0.717) is 19.3 Å². The van der Waals surface area contributed by atoms with Crippen LogP contribution in [-0.2, 0) is 28.6 Å². The molecule has 0 bridgehead atoms. The molecule has 1 unspecified atom stereocenters. The van der Waals surface area contributed by atoms with Gasteiger partial charge in [-0.05, 0) is 89.9 Å². The first-order valence-electron chi connectivity index (χ1n) is 28.9. The Morgan fingerprint density at radius 3 is 0.926 bits per heavy atom. The summed E-state index contributed by atoms with van der Waals surface area (Å²) in [5, 5.41) is 0. The van der Waals surface area contributed by atoms with E-state index in [1.807, 2.05) is 0 Å². The molecule has 0 aliphatic heterocycles. The van der Waals surface area contributed by atoms with E-state index in [-0.39, 0.29) is 31.1 Å². The Labute approximate surface area is 421 Å². The van der Waals surface area contributed by atoms with E-state index in [9.17, 15) is 14.4 Å². The van der Waals surface area contributed by atoms with Gasteiger partial charge in [-0.15, -0.1) is 0 Å². The standard InChI is InChI=1S/C62H108O6/c1-4-7-10-13-16-19-22-25-28-30-31-33-34-37-40-43-46-49-52-55-61(64)67-58-59(57-66-60(63)54-51-48-45-42-39-36-27-24-21-18-15-12-9-6-3)68-62(65)56-53-50-47-44-41-38-35-32-29-26-23-20-17-14-11-8-5-2/h7,10,16,19,25-26,28-29,31,33,37,40,59H,4-6,8-9,11-15,17-18,20-24,27,30,32,34-36,38-39,41-58H2,1-3H3/b10-7-,19-16-,28-25-,29-26-,33-31-,40-37-. The predicted molar refractivity (Wildman–Crippen MR) is 293 cm³/mol. The maximum atomic E-state index is 12.9. The minimum absolute atomic E-state index is 0.0854. The molecule has 0 saturated heterocycles. The summed E-state index contributed by atoms with van der Waals surface area (Å²) in [6.07, 6.45) is 71.7. The van der Waals surface area contributed by atoms with Crippen molar-refractivity contribution >= 4 is 17.9 Å². The molecule has 0 amide bonds. The number of allylic oxidation sites excluding steroid dienone is 12. The summed E-state index contributed by atoms with van der Waals surface area (Å²) in [6, 6.07) is 0. The second-order valence-corrected chi connectivity index (χ2v) is 19.2. The van der Waals surface area contributed by atoms with E-state index >= 15 is 0 Å². The highest BCUT2D eigenvalue weighted by Gasteiger charge is 2.19. The van der Waals surface area contributed by atoms with Gasteiger partial charge in [0.1, 0.15) is 13.2 Å². The molecule has 0 heterocycles. The SMILES string of the molecule is CC/C=C\C/C=C\C/C=C\C/C=C\C/C=C\CCCCCC(=O)OCC(COC(=O)CCCCCCCCCCCCCCCC)OC(=O)CCCCCCCCC/C=C\CCCCCCCC. The van der Waals surface area contributed by atoms with Gasteiger partial charge in [0.25, 0.3) is 0 Å². The Hall–Kier alpha value is -3.15. The lowest BCUT2D eigenvalue weighted by Crippen LogP contribution is -2.30. The normalized spacial score (nSPS) is 12.6. The minimum Gasteiger partial charge on any atom is -0.462 e. The number of carbonyl (C=O) groups excluding carboxylic acids is 3. The molecule has 0 rings (SSSR count). The van der Waals surface area contributed by atoms with Gasteiger partial charge in [-0.25, -0.2) is 0 Å². The first-order chi connectivity index (χ1) is 33.5. The second-order valence-electron chi connectivity index (χ2n) is 19.2. The quantitative estimate of drug-likeness (QED) is 0.0262. The van der Waals surface area contributed by atoms with Crippen LogP contribution >= 0.6 is 0 Å². The van der Waals surface area contributed by atoms with Crippen molar-refractivity contribution in [1.29, 1.82) is 0 Å². The number of hydrogen-bond acceptors (Lipinski definition) is 6. The number of carbonyl (C=O) groups is 3. The number of ether oxygens (including phenoxy) is 3. The molecule has 0 aromatic rings. The van der Waals surface area contributed by atoms with Gasteiger partial charge in [0, 0.05) is 19.3 Å². The van der Waals surface area contributed by atoms with Crippen LogP contribution in [-0.4, -0.2) is 37.2 Å². The fourth-order valence-corrected chi connectivity index (χ4v) is 8.11. The zero-order valence-electron chi connectivity index (χ0n) is 44.9. The molecule has 0 radical (unpaired) electrons. The summed E-state index contributed by atoms with van der Waals surface area (Å²) >= 11 is 0. The monoisotopic (exact) mass is 949 g/mol. The van der Waals surface area contributed by atoms with Crippen molar-refractivity contribution in [1.82, 2.24) is 0 Å². The van der Waals surface area contributed by atoms with E-state index < -0.39 is 6.10 Å². The average Bonchev–Trinajstić information content (AvgIpc) is 3.34. The molecule has 0 aromatic heterocycles. The Morgan fingerprint density at radius 2 is 0.574 bits per heavy atom. The highest BCUT2D eigenvalue weighted by atomic mass is 16.6. The van der Waals surface area contributed by atoms with Crippen LogP contribution < -0.4 is 0 Å². The number of hydrogen-bond donors (Lipinski definition) is 0. The Bertz CT molecular complexity index is 1270. The van der Waals surface area contributed by atoms with Crippen molar-refractivity contribution in [2.24, 2.45) is 0 Å². The lowest BCUT2D eigenvalue weighted by atomic mass is 10.0. The molecular weight excluding hydrogens is 841 g/mol. The zero-order chi connectivity index (χ0) is 49.3. The van der Waals surface area contributed by atoms with Gasteiger partial charge in [-0.3, -0.25) is 14.4 Å². The molecule has 0 aromatic carbocycles. The smallest absolute Gasteiger partial charge is 0.306 e. The largest absolute Gasteiger partial charge is 0.462 e. The number of rotatable bonds is 52. The zero-order valence-corrected chi connectivity index (χ0v) is 44.9. The highest BCUT2D eigenvalue weighted by Crippen LogP contribution is 2.16. The molecule has 0 aliphatic rings. The van der Waals surface area contributed by atoms with Crippen molar-refractivity contribution in [3.8, 4) is 0 Å². The molecule has 6 heteroatoms. The third-order valence-electron chi connectivity index (χ3n) is 12.4. The van der Waals surface area contributed by atoms with Gasteiger partial charge < -0.3 is 14.2 Å². The molecule has 68 heavy (non-hydrogen) atoms. The first kappa shape index (κ1) is 64.8. The van der Waals surface area contributed by atoms with Crippen molar-refractivity contribution in [3.63, 3.8) is 0 Å². The highest BCUT2D eigenvalue weighted by molar-refractivity contribution is 5.71. The third kappa shape index (κ3) is 53.8. The van der Waals surface area contributed by atoms with E-state index in [4.69, 9.17) is 14.2 Å². The molecule has 392 valence electrons. The molecule has 0 spiro atoms. The van der Waals surface area contributed by atoms with Crippen LogP contribution in [0.2, 0.25) is 0 Å². The molecule has 1 atom stereocenters. The number of unbranched alkanes of at least 4 members (excludes halogenated alkanes) is 29. The van der Waals surface area contributed by atoms with E-state index in [1.165, 1.54) is 148 Å². The van der Waals surface area contributed by atoms with Crippen molar-refractivity contribution < 1.29 is 28.6 Å².